The number of benzene rings is 2. The molecule has 0 saturated heterocycles. The Morgan fingerprint density at radius 3 is 2.83 bits per heavy atom. The first-order valence-electron chi connectivity index (χ1n) is 9.35. The Labute approximate surface area is 167 Å². The van der Waals surface area contributed by atoms with E-state index in [4.69, 9.17) is 10.5 Å². The van der Waals surface area contributed by atoms with Gasteiger partial charge in [-0.15, -0.1) is 0 Å². The summed E-state index contributed by atoms with van der Waals surface area (Å²) in [6.45, 7) is 2.81. The van der Waals surface area contributed by atoms with Crippen LogP contribution in [0.25, 0.3) is 16.6 Å². The highest BCUT2D eigenvalue weighted by molar-refractivity contribution is 6.11. The van der Waals surface area contributed by atoms with Gasteiger partial charge in [-0.1, -0.05) is 12.1 Å². The standard InChI is InChI=1S/C22H19N5O2/c1-14-3-2-4-16(11-14)26-8-7-15-12-17(5-6-18(15)26)27-9-10-29-21-19(22(27)28)20(23)24-13-25-21/h2-8,11-13H,9-10H2,1H3,(H2,23,24,25). The summed E-state index contributed by atoms with van der Waals surface area (Å²) in [4.78, 5) is 22.8. The van der Waals surface area contributed by atoms with E-state index in [2.05, 4.69) is 39.7 Å². The number of rotatable bonds is 2. The highest BCUT2D eigenvalue weighted by Gasteiger charge is 2.28. The van der Waals surface area contributed by atoms with Gasteiger partial charge < -0.3 is 19.9 Å². The average Bonchev–Trinajstić information content (AvgIpc) is 3.06. The number of hydrogen-bond acceptors (Lipinski definition) is 5. The SMILES string of the molecule is Cc1cccc(-n2ccc3cc(N4CCOc5ncnc(N)c5C4=O)ccc32)c1. The molecule has 1 amide bonds. The Morgan fingerprint density at radius 1 is 1.07 bits per heavy atom. The van der Waals surface area contributed by atoms with E-state index in [1.807, 2.05) is 36.5 Å². The van der Waals surface area contributed by atoms with Crippen LogP contribution >= 0.6 is 0 Å². The zero-order valence-electron chi connectivity index (χ0n) is 15.9. The van der Waals surface area contributed by atoms with Gasteiger partial charge in [-0.05, 0) is 48.9 Å². The van der Waals surface area contributed by atoms with E-state index >= 15 is 0 Å². The summed E-state index contributed by atoms with van der Waals surface area (Å²) >= 11 is 0. The van der Waals surface area contributed by atoms with Crippen LogP contribution in [-0.2, 0) is 0 Å². The number of aromatic nitrogens is 3. The first kappa shape index (κ1) is 17.2. The Morgan fingerprint density at radius 2 is 1.97 bits per heavy atom. The van der Waals surface area contributed by atoms with Crippen molar-refractivity contribution in [3.05, 3.63) is 72.2 Å². The van der Waals surface area contributed by atoms with Crippen LogP contribution in [0.4, 0.5) is 11.5 Å². The molecule has 3 heterocycles. The molecule has 0 bridgehead atoms. The molecule has 0 saturated carbocycles. The Kier molecular flexibility index (Phi) is 3.94. The normalized spacial score (nSPS) is 13.8. The van der Waals surface area contributed by atoms with Crippen molar-refractivity contribution in [1.82, 2.24) is 14.5 Å². The Hall–Kier alpha value is -3.87. The molecule has 7 heteroatoms. The van der Waals surface area contributed by atoms with Gasteiger partial charge in [0.1, 0.15) is 24.3 Å². The van der Waals surface area contributed by atoms with Crippen molar-refractivity contribution in [3.63, 3.8) is 0 Å². The first-order chi connectivity index (χ1) is 14.1. The molecule has 0 unspecified atom stereocenters. The molecule has 0 aliphatic carbocycles. The van der Waals surface area contributed by atoms with Crippen molar-refractivity contribution in [2.45, 2.75) is 6.92 Å². The number of nitrogen functional groups attached to an aromatic ring is 1. The molecule has 1 aliphatic heterocycles. The number of nitrogens with zero attached hydrogens (tertiary/aromatic N) is 4. The quantitative estimate of drug-likeness (QED) is 0.572. The van der Waals surface area contributed by atoms with E-state index in [1.165, 1.54) is 11.9 Å². The van der Waals surface area contributed by atoms with E-state index in [1.54, 1.807) is 4.90 Å². The third-order valence-corrected chi connectivity index (χ3v) is 5.12. The number of carbonyl (C=O) groups is 1. The van der Waals surface area contributed by atoms with Crippen molar-refractivity contribution < 1.29 is 9.53 Å². The van der Waals surface area contributed by atoms with Crippen molar-refractivity contribution in [2.24, 2.45) is 0 Å². The summed E-state index contributed by atoms with van der Waals surface area (Å²) in [6, 6.07) is 16.4. The molecule has 5 rings (SSSR count). The van der Waals surface area contributed by atoms with Gasteiger partial charge in [0.15, 0.2) is 0 Å². The van der Waals surface area contributed by atoms with Crippen LogP contribution in [0.15, 0.2) is 61.1 Å². The van der Waals surface area contributed by atoms with Crippen LogP contribution in [0.2, 0.25) is 0 Å². The topological polar surface area (TPSA) is 86.3 Å². The summed E-state index contributed by atoms with van der Waals surface area (Å²) in [6.07, 6.45) is 3.34. The molecule has 1 aliphatic rings. The van der Waals surface area contributed by atoms with Crippen LogP contribution < -0.4 is 15.4 Å². The lowest BCUT2D eigenvalue weighted by Crippen LogP contribution is -2.32. The molecule has 7 nitrogen and oxygen atoms in total. The van der Waals surface area contributed by atoms with Crippen molar-refractivity contribution in [2.75, 3.05) is 23.8 Å². The highest BCUT2D eigenvalue weighted by atomic mass is 16.5. The second-order valence-corrected chi connectivity index (χ2v) is 7.01. The number of fused-ring (bicyclic) bond motifs is 2. The molecular weight excluding hydrogens is 366 g/mol. The average molecular weight is 385 g/mol. The van der Waals surface area contributed by atoms with E-state index in [9.17, 15) is 4.79 Å². The van der Waals surface area contributed by atoms with Crippen molar-refractivity contribution in [3.8, 4) is 11.6 Å². The van der Waals surface area contributed by atoms with Gasteiger partial charge in [-0.3, -0.25) is 4.79 Å². The summed E-state index contributed by atoms with van der Waals surface area (Å²) in [5.41, 5.74) is 10.3. The highest BCUT2D eigenvalue weighted by Crippen LogP contribution is 2.30. The van der Waals surface area contributed by atoms with Gasteiger partial charge in [0, 0.05) is 23.0 Å². The largest absolute Gasteiger partial charge is 0.475 e. The monoisotopic (exact) mass is 385 g/mol. The summed E-state index contributed by atoms with van der Waals surface area (Å²) in [5, 5.41) is 1.04. The zero-order chi connectivity index (χ0) is 20.0. The Balaban J connectivity index is 1.56. The lowest BCUT2D eigenvalue weighted by Gasteiger charge is -2.20. The molecule has 2 aromatic heterocycles. The minimum Gasteiger partial charge on any atom is -0.475 e. The number of amides is 1. The molecule has 0 radical (unpaired) electrons. The summed E-state index contributed by atoms with van der Waals surface area (Å²) in [5.74, 6) is 0.100. The van der Waals surface area contributed by atoms with E-state index in [0.717, 1.165) is 22.3 Å². The molecule has 4 aromatic rings. The number of hydrogen-bond donors (Lipinski definition) is 1. The predicted molar refractivity (Wildman–Crippen MR) is 112 cm³/mol. The predicted octanol–water partition coefficient (Wildman–Crippen LogP) is 3.35. The van der Waals surface area contributed by atoms with Crippen LogP contribution in [0.3, 0.4) is 0 Å². The maximum atomic E-state index is 13.1. The van der Waals surface area contributed by atoms with Gasteiger partial charge in [0.05, 0.1) is 12.1 Å². The number of aryl methyl sites for hydroxylation is 1. The molecule has 0 atom stereocenters. The number of nitrogens with two attached hydrogens (primary N) is 1. The van der Waals surface area contributed by atoms with Crippen LogP contribution in [0, 0.1) is 6.92 Å². The fourth-order valence-electron chi connectivity index (χ4n) is 3.71. The summed E-state index contributed by atoms with van der Waals surface area (Å²) in [7, 11) is 0. The molecule has 29 heavy (non-hydrogen) atoms. The molecule has 0 fully saturated rings. The molecular formula is C22H19N5O2. The second kappa shape index (κ2) is 6.63. The van der Waals surface area contributed by atoms with Crippen molar-refractivity contribution in [1.29, 1.82) is 0 Å². The second-order valence-electron chi connectivity index (χ2n) is 7.01. The van der Waals surface area contributed by atoms with Gasteiger partial charge in [-0.25, -0.2) is 9.97 Å². The fraction of sp³-hybridized carbons (Fsp3) is 0.136. The minimum atomic E-state index is -0.256. The van der Waals surface area contributed by atoms with Crippen LogP contribution in [0.1, 0.15) is 15.9 Å². The van der Waals surface area contributed by atoms with Crippen LogP contribution in [-0.4, -0.2) is 33.6 Å². The molecule has 2 N–H and O–H groups in total. The number of ether oxygens (including phenoxy) is 1. The Bertz CT molecular complexity index is 1250. The van der Waals surface area contributed by atoms with Gasteiger partial charge >= 0.3 is 0 Å². The third kappa shape index (κ3) is 2.87. The molecule has 2 aromatic carbocycles. The van der Waals surface area contributed by atoms with Crippen molar-refractivity contribution >= 4 is 28.3 Å². The van der Waals surface area contributed by atoms with Gasteiger partial charge in [0.25, 0.3) is 5.91 Å². The molecule has 144 valence electrons. The van der Waals surface area contributed by atoms with Gasteiger partial charge in [-0.2, -0.15) is 0 Å². The maximum Gasteiger partial charge on any atom is 0.267 e. The minimum absolute atomic E-state index is 0.124. The maximum absolute atomic E-state index is 13.1. The molecule has 0 spiro atoms. The first-order valence-corrected chi connectivity index (χ1v) is 9.35. The number of carbonyl (C=O) groups excluding carboxylic acids is 1. The number of anilines is 2. The summed E-state index contributed by atoms with van der Waals surface area (Å²) < 4.78 is 7.75. The van der Waals surface area contributed by atoms with E-state index < -0.39 is 0 Å². The van der Waals surface area contributed by atoms with E-state index in [0.29, 0.717) is 13.2 Å². The third-order valence-electron chi connectivity index (χ3n) is 5.12. The smallest absolute Gasteiger partial charge is 0.267 e. The zero-order valence-corrected chi connectivity index (χ0v) is 15.9. The fourth-order valence-corrected chi connectivity index (χ4v) is 3.71. The lowest BCUT2D eigenvalue weighted by atomic mass is 10.1. The lowest BCUT2D eigenvalue weighted by molar-refractivity contribution is 0.0990. The van der Waals surface area contributed by atoms with Gasteiger partial charge in [0.2, 0.25) is 5.88 Å². The van der Waals surface area contributed by atoms with E-state index in [-0.39, 0.29) is 23.2 Å². The van der Waals surface area contributed by atoms with Crippen LogP contribution in [0.5, 0.6) is 5.88 Å².